The van der Waals surface area contributed by atoms with Crippen molar-refractivity contribution in [3.05, 3.63) is 71.8 Å². The minimum absolute atomic E-state index is 0.0840. The van der Waals surface area contributed by atoms with Gasteiger partial charge >= 0.3 is 0 Å². The van der Waals surface area contributed by atoms with E-state index in [0.717, 1.165) is 22.7 Å². The number of rotatable bonds is 6. The van der Waals surface area contributed by atoms with Gasteiger partial charge in [-0.15, -0.1) is 0 Å². The molecule has 1 aromatic heterocycles. The number of ether oxygens (including phenoxy) is 3. The molecule has 0 spiro atoms. The monoisotopic (exact) mass is 407 g/mol. The number of para-hydroxylation sites is 1. The van der Waals surface area contributed by atoms with Crippen molar-refractivity contribution in [2.24, 2.45) is 13.0 Å². The highest BCUT2D eigenvalue weighted by molar-refractivity contribution is 5.80. The van der Waals surface area contributed by atoms with E-state index in [1.54, 1.807) is 26.5 Å². The van der Waals surface area contributed by atoms with Crippen LogP contribution in [0.2, 0.25) is 0 Å². The summed E-state index contributed by atoms with van der Waals surface area (Å²) >= 11 is 0. The van der Waals surface area contributed by atoms with Crippen molar-refractivity contribution < 1.29 is 19.0 Å². The largest absolute Gasteiger partial charge is 0.497 e. The number of carbonyl (C=O) groups is 1. The highest BCUT2D eigenvalue weighted by atomic mass is 16.5. The first-order valence-corrected chi connectivity index (χ1v) is 9.80. The SMILES string of the molecule is COc1cc(OC)cc([C@H](NC(=O)[C@@H]2COc3ccccc3C2)c2nccn2C)c1. The number of carbonyl (C=O) groups excluding carboxylic acids is 1. The average molecular weight is 407 g/mol. The van der Waals surface area contributed by atoms with Crippen LogP contribution in [0.25, 0.3) is 0 Å². The number of nitrogens with zero attached hydrogens (tertiary/aromatic N) is 2. The number of methoxy groups -OCH3 is 2. The second-order valence-corrected chi connectivity index (χ2v) is 7.30. The normalized spacial score (nSPS) is 16.2. The Morgan fingerprint density at radius 1 is 1.20 bits per heavy atom. The quantitative estimate of drug-likeness (QED) is 0.680. The van der Waals surface area contributed by atoms with E-state index in [1.165, 1.54) is 0 Å². The zero-order chi connectivity index (χ0) is 21.1. The Morgan fingerprint density at radius 2 is 1.93 bits per heavy atom. The molecular weight excluding hydrogens is 382 g/mol. The zero-order valence-corrected chi connectivity index (χ0v) is 17.3. The molecule has 1 N–H and O–H groups in total. The first-order chi connectivity index (χ1) is 14.6. The molecule has 0 fully saturated rings. The van der Waals surface area contributed by atoms with Gasteiger partial charge in [0.05, 0.1) is 20.1 Å². The van der Waals surface area contributed by atoms with Crippen LogP contribution in [0.1, 0.15) is 23.0 Å². The van der Waals surface area contributed by atoms with Crippen LogP contribution in [-0.4, -0.2) is 36.3 Å². The fourth-order valence-electron chi connectivity index (χ4n) is 3.70. The van der Waals surface area contributed by atoms with Crippen LogP contribution in [0.5, 0.6) is 17.2 Å². The second-order valence-electron chi connectivity index (χ2n) is 7.30. The van der Waals surface area contributed by atoms with Crippen LogP contribution in [0, 0.1) is 5.92 Å². The van der Waals surface area contributed by atoms with Crippen molar-refractivity contribution in [3.8, 4) is 17.2 Å². The van der Waals surface area contributed by atoms with Gasteiger partial charge in [-0.05, 0) is 35.7 Å². The Kier molecular flexibility index (Phi) is 5.61. The summed E-state index contributed by atoms with van der Waals surface area (Å²) in [5.74, 6) is 2.49. The molecule has 4 rings (SSSR count). The van der Waals surface area contributed by atoms with Gasteiger partial charge in [-0.2, -0.15) is 0 Å². The van der Waals surface area contributed by atoms with Gasteiger partial charge in [0, 0.05) is 25.5 Å². The molecule has 0 saturated carbocycles. The van der Waals surface area contributed by atoms with Gasteiger partial charge in [0.25, 0.3) is 0 Å². The van der Waals surface area contributed by atoms with Crippen molar-refractivity contribution in [1.82, 2.24) is 14.9 Å². The van der Waals surface area contributed by atoms with E-state index in [2.05, 4.69) is 10.3 Å². The Balaban J connectivity index is 1.63. The molecule has 156 valence electrons. The fraction of sp³-hybridized carbons (Fsp3) is 0.304. The molecule has 3 aromatic rings. The summed E-state index contributed by atoms with van der Waals surface area (Å²) in [4.78, 5) is 17.7. The van der Waals surface area contributed by atoms with Gasteiger partial charge in [-0.3, -0.25) is 4.79 Å². The van der Waals surface area contributed by atoms with Crippen molar-refractivity contribution in [2.75, 3.05) is 20.8 Å². The third-order valence-electron chi connectivity index (χ3n) is 5.36. The van der Waals surface area contributed by atoms with E-state index < -0.39 is 6.04 Å². The predicted molar refractivity (Wildman–Crippen MR) is 112 cm³/mol. The number of fused-ring (bicyclic) bond motifs is 1. The van der Waals surface area contributed by atoms with Gasteiger partial charge in [-0.25, -0.2) is 4.98 Å². The lowest BCUT2D eigenvalue weighted by Gasteiger charge is -2.27. The maximum Gasteiger partial charge on any atom is 0.227 e. The van der Waals surface area contributed by atoms with E-state index in [4.69, 9.17) is 14.2 Å². The molecular formula is C23H25N3O4. The summed E-state index contributed by atoms with van der Waals surface area (Å²) in [5.41, 5.74) is 1.87. The molecule has 1 aliphatic heterocycles. The number of aromatic nitrogens is 2. The van der Waals surface area contributed by atoms with Gasteiger partial charge in [0.2, 0.25) is 5.91 Å². The van der Waals surface area contributed by atoms with Gasteiger partial charge in [0.15, 0.2) is 0 Å². The van der Waals surface area contributed by atoms with E-state index >= 15 is 0 Å². The van der Waals surface area contributed by atoms with E-state index in [9.17, 15) is 4.79 Å². The zero-order valence-electron chi connectivity index (χ0n) is 17.3. The number of nitrogens with one attached hydrogen (secondary N) is 1. The third-order valence-corrected chi connectivity index (χ3v) is 5.36. The van der Waals surface area contributed by atoms with E-state index in [1.807, 2.05) is 54.2 Å². The van der Waals surface area contributed by atoms with Gasteiger partial charge in [0.1, 0.15) is 35.7 Å². The molecule has 0 unspecified atom stereocenters. The first-order valence-electron chi connectivity index (χ1n) is 9.80. The molecule has 1 aliphatic rings. The third kappa shape index (κ3) is 3.96. The molecule has 0 saturated heterocycles. The predicted octanol–water partition coefficient (Wildman–Crippen LogP) is 2.89. The Bertz CT molecular complexity index is 1020. The standard InChI is InChI=1S/C23H25N3O4/c1-26-9-8-24-22(26)21(16-11-18(28-2)13-19(12-16)29-3)25-23(27)17-10-15-6-4-5-7-20(15)30-14-17/h4-9,11-13,17,21H,10,14H2,1-3H3,(H,25,27)/t17-,21-/m0/s1. The smallest absolute Gasteiger partial charge is 0.227 e. The van der Waals surface area contributed by atoms with Crippen molar-refractivity contribution in [1.29, 1.82) is 0 Å². The lowest BCUT2D eigenvalue weighted by atomic mass is 9.95. The minimum Gasteiger partial charge on any atom is -0.497 e. The lowest BCUT2D eigenvalue weighted by molar-refractivity contribution is -0.126. The number of aryl methyl sites for hydroxylation is 1. The Hall–Kier alpha value is -3.48. The summed E-state index contributed by atoms with van der Waals surface area (Å²) in [7, 11) is 5.10. The maximum absolute atomic E-state index is 13.2. The number of amides is 1. The van der Waals surface area contributed by atoms with Crippen molar-refractivity contribution >= 4 is 5.91 Å². The molecule has 0 radical (unpaired) electrons. The van der Waals surface area contributed by atoms with Crippen LogP contribution in [0.3, 0.4) is 0 Å². The van der Waals surface area contributed by atoms with Crippen LogP contribution in [0.4, 0.5) is 0 Å². The maximum atomic E-state index is 13.2. The Labute approximate surface area is 175 Å². The minimum atomic E-state index is -0.460. The van der Waals surface area contributed by atoms with Crippen molar-refractivity contribution in [2.45, 2.75) is 12.5 Å². The molecule has 2 heterocycles. The van der Waals surface area contributed by atoms with Crippen LogP contribution in [0.15, 0.2) is 54.9 Å². The van der Waals surface area contributed by atoms with Gasteiger partial charge < -0.3 is 24.1 Å². The molecule has 2 atom stereocenters. The number of benzene rings is 2. The van der Waals surface area contributed by atoms with Gasteiger partial charge in [-0.1, -0.05) is 18.2 Å². The van der Waals surface area contributed by atoms with Crippen LogP contribution in [-0.2, 0) is 18.3 Å². The highest BCUT2D eigenvalue weighted by Gasteiger charge is 2.30. The number of imidazole rings is 1. The summed E-state index contributed by atoms with van der Waals surface area (Å²) in [6.45, 7) is 0.345. The molecule has 0 bridgehead atoms. The summed E-state index contributed by atoms with van der Waals surface area (Å²) in [6, 6.07) is 12.9. The lowest BCUT2D eigenvalue weighted by Crippen LogP contribution is -2.40. The number of hydrogen-bond donors (Lipinski definition) is 1. The fourth-order valence-corrected chi connectivity index (χ4v) is 3.70. The molecule has 2 aromatic carbocycles. The number of hydrogen-bond acceptors (Lipinski definition) is 5. The summed E-state index contributed by atoms with van der Waals surface area (Å²) in [6.07, 6.45) is 4.20. The summed E-state index contributed by atoms with van der Waals surface area (Å²) in [5, 5.41) is 3.17. The van der Waals surface area contributed by atoms with E-state index in [-0.39, 0.29) is 11.8 Å². The van der Waals surface area contributed by atoms with Crippen molar-refractivity contribution in [3.63, 3.8) is 0 Å². The molecule has 1 amide bonds. The highest BCUT2D eigenvalue weighted by Crippen LogP contribution is 2.31. The molecule has 7 heteroatoms. The molecule has 30 heavy (non-hydrogen) atoms. The van der Waals surface area contributed by atoms with Crippen LogP contribution >= 0.6 is 0 Å². The first kappa shape index (κ1) is 19.8. The average Bonchev–Trinajstić information content (AvgIpc) is 3.21. The summed E-state index contributed by atoms with van der Waals surface area (Å²) < 4.78 is 18.5. The van der Waals surface area contributed by atoms with Crippen LogP contribution < -0.4 is 19.5 Å². The second kappa shape index (κ2) is 8.49. The topological polar surface area (TPSA) is 74.6 Å². The molecule has 7 nitrogen and oxygen atoms in total. The molecule has 0 aliphatic carbocycles. The Morgan fingerprint density at radius 3 is 2.60 bits per heavy atom. The van der Waals surface area contributed by atoms with E-state index in [0.29, 0.717) is 24.5 Å².